The second-order valence-corrected chi connectivity index (χ2v) is 8.13. The third-order valence-electron chi connectivity index (χ3n) is 6.43. The van der Waals surface area contributed by atoms with Gasteiger partial charge in [-0.05, 0) is 74.1 Å². The smallest absolute Gasteiger partial charge is 0.000988 e. The number of hydrogen-bond acceptors (Lipinski definition) is 1. The van der Waals surface area contributed by atoms with Gasteiger partial charge in [0.15, 0.2) is 0 Å². The molecular formula is C24H32ClN. The van der Waals surface area contributed by atoms with Crippen molar-refractivity contribution in [2.75, 3.05) is 19.6 Å². The lowest BCUT2D eigenvalue weighted by Gasteiger charge is -2.37. The summed E-state index contributed by atoms with van der Waals surface area (Å²) in [6.45, 7) is 3.89. The van der Waals surface area contributed by atoms with Crippen molar-refractivity contribution < 1.29 is 0 Å². The van der Waals surface area contributed by atoms with Crippen LogP contribution in [0.4, 0.5) is 0 Å². The Morgan fingerprint density at radius 2 is 1.27 bits per heavy atom. The average Bonchev–Trinajstić information content (AvgIpc) is 2.70. The van der Waals surface area contributed by atoms with Crippen LogP contribution in [0.1, 0.15) is 61.5 Å². The Morgan fingerprint density at radius 1 is 0.692 bits per heavy atom. The van der Waals surface area contributed by atoms with Crippen LogP contribution in [0.5, 0.6) is 0 Å². The van der Waals surface area contributed by atoms with Gasteiger partial charge >= 0.3 is 0 Å². The Balaban J connectivity index is 0.00000196. The van der Waals surface area contributed by atoms with E-state index in [1.807, 2.05) is 0 Å². The van der Waals surface area contributed by atoms with E-state index < -0.39 is 0 Å². The number of benzene rings is 2. The minimum absolute atomic E-state index is 0. The molecule has 2 aromatic rings. The first-order valence-corrected chi connectivity index (χ1v) is 10.2. The van der Waals surface area contributed by atoms with E-state index in [-0.39, 0.29) is 12.4 Å². The Labute approximate surface area is 165 Å². The number of piperidine rings is 1. The second-order valence-electron chi connectivity index (χ2n) is 8.13. The maximum atomic E-state index is 2.75. The molecule has 26 heavy (non-hydrogen) atoms. The van der Waals surface area contributed by atoms with Crippen molar-refractivity contribution in [1.82, 2.24) is 4.90 Å². The van der Waals surface area contributed by atoms with Crippen LogP contribution < -0.4 is 0 Å². The monoisotopic (exact) mass is 369 g/mol. The summed E-state index contributed by atoms with van der Waals surface area (Å²) in [4.78, 5) is 2.75. The fourth-order valence-electron chi connectivity index (χ4n) is 5.02. The van der Waals surface area contributed by atoms with Crippen molar-refractivity contribution >= 4 is 12.4 Å². The number of hydrogen-bond donors (Lipinski definition) is 0. The summed E-state index contributed by atoms with van der Waals surface area (Å²) in [7, 11) is 0. The third kappa shape index (κ3) is 4.90. The van der Waals surface area contributed by atoms with Gasteiger partial charge in [0.1, 0.15) is 0 Å². The van der Waals surface area contributed by atoms with Gasteiger partial charge < -0.3 is 4.90 Å². The zero-order valence-corrected chi connectivity index (χ0v) is 16.5. The van der Waals surface area contributed by atoms with Gasteiger partial charge in [0.25, 0.3) is 0 Å². The highest BCUT2D eigenvalue weighted by molar-refractivity contribution is 5.85. The largest absolute Gasteiger partial charge is 0.303 e. The van der Waals surface area contributed by atoms with Gasteiger partial charge in [0.2, 0.25) is 0 Å². The number of halogens is 1. The van der Waals surface area contributed by atoms with Gasteiger partial charge in [0.05, 0.1) is 0 Å². The molecule has 1 aliphatic carbocycles. The van der Waals surface area contributed by atoms with Crippen molar-refractivity contribution in [2.24, 2.45) is 5.92 Å². The molecule has 2 heteroatoms. The molecule has 1 saturated carbocycles. The first-order valence-electron chi connectivity index (χ1n) is 10.2. The van der Waals surface area contributed by atoms with Gasteiger partial charge in [-0.2, -0.15) is 0 Å². The fourth-order valence-corrected chi connectivity index (χ4v) is 5.02. The lowest BCUT2D eigenvalue weighted by Crippen LogP contribution is -2.37. The standard InChI is InChI=1S/C24H31N.ClH/c1-3-9-21(10-4-1)23-14-16-25(17-15-23)19-20-8-7-13-24(18-20)22-11-5-2-6-12-22;/h1-6,9-12,20,23-24H,7-8,13-19H2;1H. The topological polar surface area (TPSA) is 3.24 Å². The summed E-state index contributed by atoms with van der Waals surface area (Å²) < 4.78 is 0. The first kappa shape index (κ1) is 19.5. The lowest BCUT2D eigenvalue weighted by molar-refractivity contribution is 0.158. The molecule has 2 aliphatic rings. The van der Waals surface area contributed by atoms with Crippen molar-refractivity contribution in [3.05, 3.63) is 71.8 Å². The molecule has 0 spiro atoms. The summed E-state index contributed by atoms with van der Waals surface area (Å²) in [5.74, 6) is 2.47. The maximum Gasteiger partial charge on any atom is 0.000988 e. The highest BCUT2D eigenvalue weighted by Crippen LogP contribution is 2.37. The van der Waals surface area contributed by atoms with Crippen LogP contribution in [0.3, 0.4) is 0 Å². The summed E-state index contributed by atoms with van der Waals surface area (Å²) in [5.41, 5.74) is 3.11. The Bertz CT molecular complexity index is 634. The summed E-state index contributed by atoms with van der Waals surface area (Å²) in [5, 5.41) is 0. The second kappa shape index (κ2) is 9.58. The Morgan fingerprint density at radius 3 is 1.88 bits per heavy atom. The number of nitrogens with zero attached hydrogens (tertiary/aromatic N) is 1. The van der Waals surface area contributed by atoms with Crippen LogP contribution in [-0.4, -0.2) is 24.5 Å². The number of rotatable bonds is 4. The van der Waals surface area contributed by atoms with Gasteiger partial charge in [-0.25, -0.2) is 0 Å². The van der Waals surface area contributed by atoms with E-state index in [4.69, 9.17) is 0 Å². The zero-order valence-electron chi connectivity index (χ0n) is 15.7. The van der Waals surface area contributed by atoms with Gasteiger partial charge in [-0.15, -0.1) is 12.4 Å². The highest BCUT2D eigenvalue weighted by atomic mass is 35.5. The van der Waals surface area contributed by atoms with Gasteiger partial charge in [-0.1, -0.05) is 67.1 Å². The lowest BCUT2D eigenvalue weighted by atomic mass is 9.77. The van der Waals surface area contributed by atoms with Crippen LogP contribution >= 0.6 is 12.4 Å². The minimum atomic E-state index is 0. The quantitative estimate of drug-likeness (QED) is 0.614. The zero-order chi connectivity index (χ0) is 16.9. The van der Waals surface area contributed by atoms with Crippen LogP contribution in [0.15, 0.2) is 60.7 Å². The Kier molecular flexibility index (Phi) is 7.16. The summed E-state index contributed by atoms with van der Waals surface area (Å²) in [6.07, 6.45) is 8.28. The van der Waals surface area contributed by atoms with Crippen molar-refractivity contribution in [3.8, 4) is 0 Å². The van der Waals surface area contributed by atoms with E-state index in [0.29, 0.717) is 0 Å². The molecule has 0 amide bonds. The molecular weight excluding hydrogens is 338 g/mol. The predicted molar refractivity (Wildman–Crippen MR) is 113 cm³/mol. The van der Waals surface area contributed by atoms with Crippen LogP contribution in [-0.2, 0) is 0 Å². The molecule has 0 radical (unpaired) electrons. The molecule has 1 heterocycles. The molecule has 0 bridgehead atoms. The van der Waals surface area contributed by atoms with Crippen LogP contribution in [0, 0.1) is 5.92 Å². The molecule has 4 rings (SSSR count). The molecule has 2 fully saturated rings. The van der Waals surface area contributed by atoms with Gasteiger partial charge in [-0.3, -0.25) is 0 Å². The molecule has 1 saturated heterocycles. The molecule has 2 aromatic carbocycles. The highest BCUT2D eigenvalue weighted by Gasteiger charge is 2.27. The Hall–Kier alpha value is -1.31. The average molecular weight is 370 g/mol. The van der Waals surface area contributed by atoms with E-state index in [0.717, 1.165) is 17.8 Å². The van der Waals surface area contributed by atoms with Gasteiger partial charge in [0, 0.05) is 6.54 Å². The molecule has 1 aliphatic heterocycles. The molecule has 140 valence electrons. The van der Waals surface area contributed by atoms with Crippen molar-refractivity contribution in [3.63, 3.8) is 0 Å². The van der Waals surface area contributed by atoms with Crippen molar-refractivity contribution in [1.29, 1.82) is 0 Å². The molecule has 2 unspecified atom stereocenters. The molecule has 1 nitrogen and oxygen atoms in total. The van der Waals surface area contributed by atoms with E-state index >= 15 is 0 Å². The SMILES string of the molecule is Cl.c1ccc(C2CCN(CC3CCCC(c4ccccc4)C3)CC2)cc1. The predicted octanol–water partition coefficient (Wildman–Crippen LogP) is 6.26. The first-order chi connectivity index (χ1) is 12.4. The number of likely N-dealkylation sites (tertiary alicyclic amines) is 1. The van der Waals surface area contributed by atoms with Crippen LogP contribution in [0.2, 0.25) is 0 Å². The van der Waals surface area contributed by atoms with E-state index in [1.54, 1.807) is 11.1 Å². The van der Waals surface area contributed by atoms with E-state index in [1.165, 1.54) is 58.2 Å². The third-order valence-corrected chi connectivity index (χ3v) is 6.43. The minimum Gasteiger partial charge on any atom is -0.303 e. The molecule has 0 aromatic heterocycles. The van der Waals surface area contributed by atoms with E-state index in [9.17, 15) is 0 Å². The molecule has 0 N–H and O–H groups in total. The van der Waals surface area contributed by atoms with Crippen LogP contribution in [0.25, 0.3) is 0 Å². The summed E-state index contributed by atoms with van der Waals surface area (Å²) >= 11 is 0. The van der Waals surface area contributed by atoms with E-state index in [2.05, 4.69) is 65.6 Å². The molecule has 2 atom stereocenters. The normalized spacial score (nSPS) is 24.8. The summed E-state index contributed by atoms with van der Waals surface area (Å²) in [6, 6.07) is 22.3. The van der Waals surface area contributed by atoms with Crippen molar-refractivity contribution in [2.45, 2.75) is 50.4 Å². The fraction of sp³-hybridized carbons (Fsp3) is 0.500. The maximum absolute atomic E-state index is 2.75.